The van der Waals surface area contributed by atoms with Crippen LogP contribution < -0.4 is 10.2 Å². The Balaban J connectivity index is 1.34. The average molecular weight is 357 g/mol. The molecule has 1 amide bonds. The molecule has 8 nitrogen and oxygen atoms in total. The molecule has 0 radical (unpaired) electrons. The topological polar surface area (TPSA) is 78.7 Å². The molecule has 2 aliphatic rings. The minimum absolute atomic E-state index is 0.0774. The van der Waals surface area contributed by atoms with Gasteiger partial charge in [-0.2, -0.15) is 0 Å². The number of hydrogen-bond donors (Lipinski definition) is 1. The maximum absolute atomic E-state index is 12.6. The molecule has 1 saturated carbocycles. The van der Waals surface area contributed by atoms with Crippen LogP contribution in [0.1, 0.15) is 39.0 Å². The first kappa shape index (κ1) is 17.2. The monoisotopic (exact) mass is 357 g/mol. The van der Waals surface area contributed by atoms with E-state index in [9.17, 15) is 4.79 Å². The number of nitrogens with one attached hydrogen (secondary N) is 1. The second kappa shape index (κ2) is 7.57. The van der Waals surface area contributed by atoms with Crippen molar-refractivity contribution < 1.29 is 4.79 Å². The fourth-order valence-electron chi connectivity index (χ4n) is 4.06. The molecule has 4 rings (SSSR count). The third kappa shape index (κ3) is 3.51. The summed E-state index contributed by atoms with van der Waals surface area (Å²) in [6.07, 6.45) is 9.50. The van der Waals surface area contributed by atoms with Crippen LogP contribution in [0.25, 0.3) is 5.78 Å². The Labute approximate surface area is 153 Å². The summed E-state index contributed by atoms with van der Waals surface area (Å²) in [5.74, 6) is 1.85. The minimum atomic E-state index is -0.0774. The molecule has 8 heteroatoms. The summed E-state index contributed by atoms with van der Waals surface area (Å²) in [6.45, 7) is 5.51. The highest BCUT2D eigenvalue weighted by Crippen LogP contribution is 2.19. The molecular weight excluding hydrogens is 330 g/mol. The van der Waals surface area contributed by atoms with Crippen LogP contribution in [0.2, 0.25) is 0 Å². The van der Waals surface area contributed by atoms with Crippen molar-refractivity contribution in [3.63, 3.8) is 0 Å². The van der Waals surface area contributed by atoms with E-state index in [-0.39, 0.29) is 11.9 Å². The molecule has 0 bridgehead atoms. The Morgan fingerprint density at radius 1 is 1.19 bits per heavy atom. The van der Waals surface area contributed by atoms with Gasteiger partial charge in [0.2, 0.25) is 5.91 Å². The van der Waals surface area contributed by atoms with E-state index in [1.54, 1.807) is 12.5 Å². The molecule has 2 aromatic rings. The minimum Gasteiger partial charge on any atom is -0.355 e. The molecular formula is C18H27N7O. The van der Waals surface area contributed by atoms with Gasteiger partial charge in [0.25, 0.3) is 5.78 Å². The van der Waals surface area contributed by atoms with Gasteiger partial charge < -0.3 is 10.2 Å². The average Bonchev–Trinajstić information content (AvgIpc) is 3.17. The lowest BCUT2D eigenvalue weighted by atomic mass is 9.95. The van der Waals surface area contributed by atoms with E-state index in [0.29, 0.717) is 11.8 Å². The van der Waals surface area contributed by atoms with E-state index in [1.807, 2.05) is 17.4 Å². The Morgan fingerprint density at radius 2 is 1.96 bits per heavy atom. The van der Waals surface area contributed by atoms with Crippen LogP contribution in [0.4, 0.5) is 5.82 Å². The van der Waals surface area contributed by atoms with Crippen molar-refractivity contribution in [3.8, 4) is 0 Å². The molecule has 1 N–H and O–H groups in total. The number of amides is 1. The first-order valence-corrected chi connectivity index (χ1v) is 9.66. The fourth-order valence-corrected chi connectivity index (χ4v) is 4.06. The predicted octanol–water partition coefficient (Wildman–Crippen LogP) is 1.08. The van der Waals surface area contributed by atoms with Crippen molar-refractivity contribution in [2.75, 3.05) is 31.1 Å². The van der Waals surface area contributed by atoms with Gasteiger partial charge in [-0.3, -0.25) is 14.1 Å². The van der Waals surface area contributed by atoms with Crippen LogP contribution in [-0.4, -0.2) is 68.7 Å². The van der Waals surface area contributed by atoms with Crippen molar-refractivity contribution >= 4 is 17.5 Å². The van der Waals surface area contributed by atoms with Crippen molar-refractivity contribution in [1.29, 1.82) is 0 Å². The lowest BCUT2D eigenvalue weighted by molar-refractivity contribution is -0.127. The number of carbonyl (C=O) groups is 1. The Kier molecular flexibility index (Phi) is 5.01. The molecule has 0 aromatic carbocycles. The normalized spacial score (nSPS) is 21.0. The Hall–Kier alpha value is -2.22. The first-order chi connectivity index (χ1) is 12.7. The third-order valence-electron chi connectivity index (χ3n) is 5.71. The number of nitrogens with zero attached hydrogens (tertiary/aromatic N) is 6. The van der Waals surface area contributed by atoms with Crippen LogP contribution >= 0.6 is 0 Å². The smallest absolute Gasteiger partial charge is 0.256 e. The van der Waals surface area contributed by atoms with Crippen LogP contribution in [0.15, 0.2) is 18.6 Å². The van der Waals surface area contributed by atoms with Gasteiger partial charge in [-0.05, 0) is 25.8 Å². The van der Waals surface area contributed by atoms with Crippen molar-refractivity contribution in [1.82, 2.24) is 29.8 Å². The molecule has 1 saturated heterocycles. The summed E-state index contributed by atoms with van der Waals surface area (Å²) >= 11 is 0. The van der Waals surface area contributed by atoms with E-state index in [0.717, 1.165) is 44.8 Å². The summed E-state index contributed by atoms with van der Waals surface area (Å²) in [7, 11) is 0. The van der Waals surface area contributed by atoms with Gasteiger partial charge in [0.1, 0.15) is 12.1 Å². The van der Waals surface area contributed by atoms with E-state index in [2.05, 4.69) is 30.3 Å². The van der Waals surface area contributed by atoms with Crippen LogP contribution in [0, 0.1) is 0 Å². The predicted molar refractivity (Wildman–Crippen MR) is 99.0 cm³/mol. The number of aromatic nitrogens is 4. The van der Waals surface area contributed by atoms with Gasteiger partial charge in [0.05, 0.1) is 6.04 Å². The molecule has 0 unspecified atom stereocenters. The largest absolute Gasteiger partial charge is 0.355 e. The summed E-state index contributed by atoms with van der Waals surface area (Å²) in [4.78, 5) is 21.4. The standard InChI is InChI=1S/C18H27N7O/c1-14(17(26)21-15-5-3-2-4-6-15)23-9-11-24(12-10-23)16-7-8-19-18-22-20-13-25(16)18/h7-8,13-15H,2-6,9-12H2,1H3,(H,21,26)/t14-/m0/s1. The molecule has 1 aliphatic carbocycles. The zero-order chi connectivity index (χ0) is 17.9. The van der Waals surface area contributed by atoms with E-state index in [4.69, 9.17) is 0 Å². The Morgan fingerprint density at radius 3 is 2.73 bits per heavy atom. The molecule has 3 heterocycles. The van der Waals surface area contributed by atoms with Gasteiger partial charge in [-0.1, -0.05) is 19.3 Å². The summed E-state index contributed by atoms with van der Waals surface area (Å²) < 4.78 is 1.91. The molecule has 2 fully saturated rings. The highest BCUT2D eigenvalue weighted by Gasteiger charge is 2.28. The van der Waals surface area contributed by atoms with Gasteiger partial charge in [-0.25, -0.2) is 4.98 Å². The summed E-state index contributed by atoms with van der Waals surface area (Å²) in [6, 6.07) is 2.29. The molecule has 0 spiro atoms. The quantitative estimate of drug-likeness (QED) is 0.882. The van der Waals surface area contributed by atoms with Crippen LogP contribution in [0.3, 0.4) is 0 Å². The van der Waals surface area contributed by atoms with Gasteiger partial charge in [0.15, 0.2) is 0 Å². The molecule has 1 atom stereocenters. The lowest BCUT2D eigenvalue weighted by Gasteiger charge is -2.39. The number of fused-ring (bicyclic) bond motifs is 1. The highest BCUT2D eigenvalue weighted by atomic mass is 16.2. The second-order valence-corrected chi connectivity index (χ2v) is 7.35. The number of hydrogen-bond acceptors (Lipinski definition) is 6. The van der Waals surface area contributed by atoms with Crippen LogP contribution in [-0.2, 0) is 4.79 Å². The highest BCUT2D eigenvalue weighted by molar-refractivity contribution is 5.81. The molecule has 26 heavy (non-hydrogen) atoms. The SMILES string of the molecule is C[C@@H](C(=O)NC1CCCCC1)N1CCN(c2ccnc3nncn23)CC1. The number of rotatable bonds is 4. The van der Waals surface area contributed by atoms with Crippen molar-refractivity contribution in [2.45, 2.75) is 51.1 Å². The maximum Gasteiger partial charge on any atom is 0.256 e. The third-order valence-corrected chi connectivity index (χ3v) is 5.71. The second-order valence-electron chi connectivity index (χ2n) is 7.35. The maximum atomic E-state index is 12.6. The zero-order valence-electron chi connectivity index (χ0n) is 15.3. The zero-order valence-corrected chi connectivity index (χ0v) is 15.3. The first-order valence-electron chi connectivity index (χ1n) is 9.66. The molecule has 140 valence electrons. The number of piperazine rings is 1. The number of anilines is 1. The van der Waals surface area contributed by atoms with Crippen molar-refractivity contribution in [2.24, 2.45) is 0 Å². The fraction of sp³-hybridized carbons (Fsp3) is 0.667. The van der Waals surface area contributed by atoms with E-state index >= 15 is 0 Å². The van der Waals surface area contributed by atoms with Gasteiger partial charge >= 0.3 is 0 Å². The summed E-state index contributed by atoms with van der Waals surface area (Å²) in [5.41, 5.74) is 0. The molecule has 1 aliphatic heterocycles. The van der Waals surface area contributed by atoms with E-state index < -0.39 is 0 Å². The van der Waals surface area contributed by atoms with Crippen molar-refractivity contribution in [3.05, 3.63) is 18.6 Å². The molecule has 2 aromatic heterocycles. The van der Waals surface area contributed by atoms with Gasteiger partial charge in [0, 0.05) is 38.4 Å². The van der Waals surface area contributed by atoms with Gasteiger partial charge in [-0.15, -0.1) is 10.2 Å². The number of carbonyl (C=O) groups excluding carboxylic acids is 1. The van der Waals surface area contributed by atoms with E-state index in [1.165, 1.54) is 19.3 Å². The lowest BCUT2D eigenvalue weighted by Crippen LogP contribution is -2.55. The van der Waals surface area contributed by atoms with Crippen LogP contribution in [0.5, 0.6) is 0 Å². The Bertz CT molecular complexity index is 747. The summed E-state index contributed by atoms with van der Waals surface area (Å²) in [5, 5.41) is 11.2.